The number of halogens is 1. The van der Waals surface area contributed by atoms with Crippen LogP contribution < -0.4 is 5.32 Å². The third-order valence-electron chi connectivity index (χ3n) is 5.87. The minimum absolute atomic E-state index is 0. The maximum atomic E-state index is 14.0. The number of aromatic nitrogens is 4. The van der Waals surface area contributed by atoms with Crippen molar-refractivity contribution >= 4 is 60.3 Å². The molecule has 1 radical (unpaired) electrons. The molecule has 1 atom stereocenters. The van der Waals surface area contributed by atoms with E-state index in [2.05, 4.69) is 46.1 Å². The van der Waals surface area contributed by atoms with Crippen molar-refractivity contribution < 1.29 is 17.9 Å². The Labute approximate surface area is 230 Å². The number of rotatable bonds is 9. The zero-order valence-electron chi connectivity index (χ0n) is 20.9. The Morgan fingerprint density at radius 1 is 1.29 bits per heavy atom. The second-order valence-electron chi connectivity index (χ2n) is 9.74. The van der Waals surface area contributed by atoms with Gasteiger partial charge in [-0.2, -0.15) is 9.37 Å². The number of ether oxygens (including phenoxy) is 1. The fourth-order valence-corrected chi connectivity index (χ4v) is 5.27. The van der Waals surface area contributed by atoms with Crippen LogP contribution in [0.3, 0.4) is 0 Å². The minimum Gasteiger partial charge on any atom is -0.359 e. The Balaban J connectivity index is 0.00000342. The van der Waals surface area contributed by atoms with Crippen LogP contribution in [0.25, 0.3) is 11.1 Å². The molecule has 0 fully saturated rings. The maximum absolute atomic E-state index is 14.0. The normalized spacial score (nSPS) is 13.9. The molecule has 12 heteroatoms. The van der Waals surface area contributed by atoms with E-state index in [0.29, 0.717) is 18.1 Å². The Bertz CT molecular complexity index is 1230. The first-order valence-electron chi connectivity index (χ1n) is 11.3. The Hall–Kier alpha value is -1.47. The van der Waals surface area contributed by atoms with Crippen molar-refractivity contribution in [2.45, 2.75) is 63.8 Å². The van der Waals surface area contributed by atoms with Gasteiger partial charge in [0.25, 0.3) is 5.16 Å². The predicted octanol–water partition coefficient (Wildman–Crippen LogP) is 4.53. The number of nitrogens with one attached hydrogen (secondary N) is 1. The van der Waals surface area contributed by atoms with Crippen molar-refractivity contribution in [3.05, 3.63) is 47.0 Å². The molecule has 183 valence electrons. The SMILES string of the molecule is Cc1cc2c(c(Nc3nc(S(=O)O)nn3COCC[Si](C)(C)C)c1-c1ccnc(F)c1)CCC2.[Na]. The van der Waals surface area contributed by atoms with Crippen LogP contribution in [0.2, 0.25) is 25.7 Å². The molecule has 3 aromatic rings. The number of pyridine rings is 1. The first-order chi connectivity index (χ1) is 16.1. The van der Waals surface area contributed by atoms with Gasteiger partial charge in [-0.1, -0.05) is 25.7 Å². The van der Waals surface area contributed by atoms with Crippen LogP contribution in [-0.2, 0) is 35.4 Å². The van der Waals surface area contributed by atoms with Gasteiger partial charge in [-0.05, 0) is 60.6 Å². The van der Waals surface area contributed by atoms with E-state index in [1.165, 1.54) is 22.5 Å². The smallest absolute Gasteiger partial charge is 0.268 e. The van der Waals surface area contributed by atoms with Crippen molar-refractivity contribution in [2.75, 3.05) is 11.9 Å². The summed E-state index contributed by atoms with van der Waals surface area (Å²) in [5, 5.41) is 7.35. The number of hydrogen-bond donors (Lipinski definition) is 2. The second-order valence-corrected chi connectivity index (χ2v) is 16.2. The van der Waals surface area contributed by atoms with Gasteiger partial charge < -0.3 is 10.1 Å². The third-order valence-corrected chi connectivity index (χ3v) is 8.06. The molecule has 2 heterocycles. The van der Waals surface area contributed by atoms with E-state index in [9.17, 15) is 13.2 Å². The summed E-state index contributed by atoms with van der Waals surface area (Å²) in [5.41, 5.74) is 5.73. The van der Waals surface area contributed by atoms with E-state index in [4.69, 9.17) is 4.74 Å². The van der Waals surface area contributed by atoms with E-state index in [1.807, 2.05) is 6.92 Å². The first kappa shape index (κ1) is 28.1. The van der Waals surface area contributed by atoms with Gasteiger partial charge in [0, 0.05) is 62.1 Å². The van der Waals surface area contributed by atoms with Crippen molar-refractivity contribution in [2.24, 2.45) is 0 Å². The Kier molecular flexibility index (Phi) is 9.41. The molecule has 35 heavy (non-hydrogen) atoms. The van der Waals surface area contributed by atoms with Crippen LogP contribution in [0.4, 0.5) is 16.0 Å². The van der Waals surface area contributed by atoms with Crippen LogP contribution in [0.1, 0.15) is 23.1 Å². The summed E-state index contributed by atoms with van der Waals surface area (Å²) in [5.74, 6) is -0.249. The molecule has 2 N–H and O–H groups in total. The van der Waals surface area contributed by atoms with Gasteiger partial charge in [0.1, 0.15) is 6.73 Å². The first-order valence-corrected chi connectivity index (χ1v) is 16.1. The molecule has 0 saturated carbocycles. The van der Waals surface area contributed by atoms with E-state index >= 15 is 0 Å². The molecule has 0 amide bonds. The summed E-state index contributed by atoms with van der Waals surface area (Å²) in [6.07, 6.45) is 4.31. The number of fused-ring (bicyclic) bond motifs is 1. The van der Waals surface area contributed by atoms with Gasteiger partial charge in [0.2, 0.25) is 23.0 Å². The van der Waals surface area contributed by atoms with Gasteiger partial charge in [0.05, 0.1) is 5.69 Å². The molecule has 1 unspecified atom stereocenters. The maximum Gasteiger partial charge on any atom is 0.268 e. The Morgan fingerprint density at radius 3 is 2.74 bits per heavy atom. The molecule has 0 saturated heterocycles. The third kappa shape index (κ3) is 6.85. The molecule has 1 aliphatic rings. The summed E-state index contributed by atoms with van der Waals surface area (Å²) < 4.78 is 42.6. The van der Waals surface area contributed by atoms with Gasteiger partial charge in [-0.15, -0.1) is 5.10 Å². The van der Waals surface area contributed by atoms with E-state index in [0.717, 1.165) is 47.7 Å². The van der Waals surface area contributed by atoms with E-state index in [1.54, 1.807) is 6.07 Å². The summed E-state index contributed by atoms with van der Waals surface area (Å²) in [7, 11) is -1.26. The Morgan fingerprint density at radius 2 is 2.06 bits per heavy atom. The average molecular weight is 527 g/mol. The number of anilines is 2. The fourth-order valence-electron chi connectivity index (χ4n) is 4.18. The minimum atomic E-state index is -2.34. The van der Waals surface area contributed by atoms with Gasteiger partial charge in [-0.3, -0.25) is 4.55 Å². The molecule has 8 nitrogen and oxygen atoms in total. The molecule has 1 aromatic carbocycles. The number of aryl methyl sites for hydroxylation is 2. The summed E-state index contributed by atoms with van der Waals surface area (Å²) in [4.78, 5) is 7.96. The van der Waals surface area contributed by atoms with Crippen LogP contribution in [0.15, 0.2) is 29.6 Å². The standard InChI is InChI=1S/C23H30FN5O3SSi.Na/c1-15-12-16-6-5-7-18(16)21(20(15)17-8-9-25-19(24)13-17)26-22-27-23(33(30)31)28-29(22)14-32-10-11-34(2,3)4;/h8-9,12-13H,5-7,10-11,14H2,1-4H3,(H,30,31)(H,26,27,28);. The molecule has 0 spiro atoms. The zero-order chi connectivity index (χ0) is 24.5. The van der Waals surface area contributed by atoms with Crippen molar-refractivity contribution in [1.82, 2.24) is 19.7 Å². The van der Waals surface area contributed by atoms with Gasteiger partial charge in [-0.25, -0.2) is 13.9 Å². The molecule has 1 aliphatic carbocycles. The number of nitrogens with zero attached hydrogens (tertiary/aromatic N) is 4. The monoisotopic (exact) mass is 526 g/mol. The molecular formula is C23H30FN5NaO3SSi. The van der Waals surface area contributed by atoms with Crippen LogP contribution in [0, 0.1) is 12.9 Å². The summed E-state index contributed by atoms with van der Waals surface area (Å²) in [6, 6.07) is 6.33. The molecule has 0 bridgehead atoms. The summed E-state index contributed by atoms with van der Waals surface area (Å²) in [6.45, 7) is 9.49. The quantitative estimate of drug-likeness (QED) is 0.183. The molecule has 2 aromatic heterocycles. The van der Waals surface area contributed by atoms with Crippen LogP contribution >= 0.6 is 0 Å². The van der Waals surface area contributed by atoms with Crippen LogP contribution in [0.5, 0.6) is 0 Å². The zero-order valence-corrected chi connectivity index (χ0v) is 24.7. The van der Waals surface area contributed by atoms with Crippen molar-refractivity contribution in [3.63, 3.8) is 0 Å². The van der Waals surface area contributed by atoms with E-state index in [-0.39, 0.29) is 41.4 Å². The average Bonchev–Trinajstić information content (AvgIpc) is 3.37. The number of benzene rings is 1. The fraction of sp³-hybridized carbons (Fsp3) is 0.435. The molecule has 0 aliphatic heterocycles. The molecular weight excluding hydrogens is 496 g/mol. The van der Waals surface area contributed by atoms with Crippen LogP contribution in [-0.4, -0.2) is 72.7 Å². The second kappa shape index (κ2) is 11.7. The summed E-state index contributed by atoms with van der Waals surface area (Å²) >= 11 is -2.34. The van der Waals surface area contributed by atoms with Gasteiger partial charge >= 0.3 is 0 Å². The largest absolute Gasteiger partial charge is 0.359 e. The number of hydrogen-bond acceptors (Lipinski definition) is 6. The molecule has 4 rings (SSSR count). The topological polar surface area (TPSA) is 102 Å². The van der Waals surface area contributed by atoms with E-state index < -0.39 is 25.1 Å². The van der Waals surface area contributed by atoms with Gasteiger partial charge in [0.15, 0.2) is 0 Å². The predicted molar refractivity (Wildman–Crippen MR) is 139 cm³/mol. The van der Waals surface area contributed by atoms with Crippen molar-refractivity contribution in [1.29, 1.82) is 0 Å². The van der Waals surface area contributed by atoms with Crippen molar-refractivity contribution in [3.8, 4) is 11.1 Å².